The highest BCUT2D eigenvalue weighted by Crippen LogP contribution is 2.33. The van der Waals surface area contributed by atoms with E-state index in [9.17, 15) is 0 Å². The molecule has 0 spiro atoms. The molecule has 0 N–H and O–H groups in total. The molecule has 1 aromatic heterocycles. The van der Waals surface area contributed by atoms with Crippen LogP contribution in [0.25, 0.3) is 22.5 Å². The van der Waals surface area contributed by atoms with Crippen molar-refractivity contribution in [2.45, 2.75) is 19.6 Å². The monoisotopic (exact) mass is 352 g/mol. The van der Waals surface area contributed by atoms with Crippen LogP contribution in [0.4, 0.5) is 0 Å². The molecular formula is C21H24N2O3. The molecule has 26 heavy (non-hydrogen) atoms. The minimum atomic E-state index is 0.133. The first-order valence-electron chi connectivity index (χ1n) is 8.53. The fourth-order valence-corrected chi connectivity index (χ4v) is 2.90. The molecule has 0 bridgehead atoms. The van der Waals surface area contributed by atoms with Gasteiger partial charge in [0.15, 0.2) is 11.5 Å². The molecule has 2 aromatic carbocycles. The van der Waals surface area contributed by atoms with E-state index in [0.717, 1.165) is 40.6 Å². The number of imidazole rings is 1. The van der Waals surface area contributed by atoms with E-state index < -0.39 is 0 Å². The van der Waals surface area contributed by atoms with Crippen molar-refractivity contribution in [3.8, 4) is 34.0 Å². The number of methoxy groups -OCH3 is 3. The van der Waals surface area contributed by atoms with E-state index in [-0.39, 0.29) is 6.10 Å². The minimum absolute atomic E-state index is 0.133. The van der Waals surface area contributed by atoms with Crippen LogP contribution in [0.2, 0.25) is 0 Å². The molecule has 0 saturated heterocycles. The van der Waals surface area contributed by atoms with Crippen molar-refractivity contribution in [1.82, 2.24) is 9.55 Å². The lowest BCUT2D eigenvalue weighted by Crippen LogP contribution is -2.14. The molecule has 1 heterocycles. The van der Waals surface area contributed by atoms with E-state index in [1.165, 1.54) is 0 Å². The predicted molar refractivity (Wildman–Crippen MR) is 103 cm³/mol. The van der Waals surface area contributed by atoms with Gasteiger partial charge in [0.1, 0.15) is 5.82 Å². The molecule has 1 atom stereocenters. The van der Waals surface area contributed by atoms with Gasteiger partial charge in [0.05, 0.1) is 26.9 Å². The Balaban J connectivity index is 1.87. The van der Waals surface area contributed by atoms with Gasteiger partial charge < -0.3 is 18.8 Å². The second kappa shape index (κ2) is 8.06. The number of hydrogen-bond acceptors (Lipinski definition) is 4. The van der Waals surface area contributed by atoms with Crippen LogP contribution in [0.5, 0.6) is 11.5 Å². The van der Waals surface area contributed by atoms with Crippen LogP contribution in [-0.2, 0) is 11.3 Å². The van der Waals surface area contributed by atoms with E-state index in [1.807, 2.05) is 37.5 Å². The van der Waals surface area contributed by atoms with Crippen molar-refractivity contribution >= 4 is 0 Å². The molecule has 0 aliphatic carbocycles. The third kappa shape index (κ3) is 3.73. The Morgan fingerprint density at radius 2 is 1.54 bits per heavy atom. The lowest BCUT2D eigenvalue weighted by Gasteiger charge is -2.13. The van der Waals surface area contributed by atoms with E-state index >= 15 is 0 Å². The van der Waals surface area contributed by atoms with Crippen LogP contribution < -0.4 is 9.47 Å². The number of aromatic nitrogens is 2. The standard InChI is InChI=1S/C21H24N2O3/c1-15(24-2)14-23-12-11-22-21(23)17-7-5-16(6-8-17)18-9-10-19(25-3)20(13-18)26-4/h5-13,15H,14H2,1-4H3. The Bertz CT molecular complexity index is 856. The van der Waals surface area contributed by atoms with E-state index in [0.29, 0.717) is 0 Å². The highest BCUT2D eigenvalue weighted by molar-refractivity contribution is 5.70. The molecule has 0 saturated carbocycles. The quantitative estimate of drug-likeness (QED) is 0.637. The van der Waals surface area contributed by atoms with Gasteiger partial charge in [0.25, 0.3) is 0 Å². The highest BCUT2D eigenvalue weighted by atomic mass is 16.5. The summed E-state index contributed by atoms with van der Waals surface area (Å²) >= 11 is 0. The molecule has 0 fully saturated rings. The first kappa shape index (κ1) is 18.0. The molecule has 1 unspecified atom stereocenters. The number of rotatable bonds is 7. The van der Waals surface area contributed by atoms with Gasteiger partial charge >= 0.3 is 0 Å². The van der Waals surface area contributed by atoms with Gasteiger partial charge in [-0.05, 0) is 30.2 Å². The lowest BCUT2D eigenvalue weighted by molar-refractivity contribution is 0.103. The number of hydrogen-bond donors (Lipinski definition) is 0. The summed E-state index contributed by atoms with van der Waals surface area (Å²) in [7, 11) is 5.00. The Morgan fingerprint density at radius 3 is 2.19 bits per heavy atom. The van der Waals surface area contributed by atoms with E-state index in [4.69, 9.17) is 14.2 Å². The lowest BCUT2D eigenvalue weighted by atomic mass is 10.0. The molecule has 5 heteroatoms. The Hall–Kier alpha value is -2.79. The summed E-state index contributed by atoms with van der Waals surface area (Å²) in [5, 5.41) is 0. The van der Waals surface area contributed by atoms with Crippen LogP contribution >= 0.6 is 0 Å². The summed E-state index contributed by atoms with van der Waals surface area (Å²) < 4.78 is 18.2. The molecule has 3 rings (SSSR count). The summed E-state index contributed by atoms with van der Waals surface area (Å²) in [6, 6.07) is 14.3. The first-order valence-corrected chi connectivity index (χ1v) is 8.53. The van der Waals surface area contributed by atoms with Crippen LogP contribution in [-0.4, -0.2) is 37.0 Å². The molecule has 0 radical (unpaired) electrons. The third-order valence-electron chi connectivity index (χ3n) is 4.43. The zero-order valence-corrected chi connectivity index (χ0v) is 15.6. The summed E-state index contributed by atoms with van der Waals surface area (Å²) in [5.41, 5.74) is 3.26. The van der Waals surface area contributed by atoms with Crippen molar-refractivity contribution in [2.75, 3.05) is 21.3 Å². The maximum Gasteiger partial charge on any atom is 0.161 e. The molecule has 0 amide bonds. The molecular weight excluding hydrogens is 328 g/mol. The average Bonchev–Trinajstić information content (AvgIpc) is 3.15. The normalized spacial score (nSPS) is 12.0. The highest BCUT2D eigenvalue weighted by Gasteiger charge is 2.10. The number of nitrogens with zero attached hydrogens (tertiary/aromatic N) is 2. The smallest absolute Gasteiger partial charge is 0.161 e. The molecule has 5 nitrogen and oxygen atoms in total. The van der Waals surface area contributed by atoms with Crippen LogP contribution in [0.3, 0.4) is 0 Å². The molecule has 0 aliphatic heterocycles. The maximum atomic E-state index is 5.39. The molecule has 136 valence electrons. The van der Waals surface area contributed by atoms with Crippen molar-refractivity contribution in [2.24, 2.45) is 0 Å². The van der Waals surface area contributed by atoms with Gasteiger partial charge in [0.2, 0.25) is 0 Å². The zero-order chi connectivity index (χ0) is 18.5. The van der Waals surface area contributed by atoms with Crippen LogP contribution in [0, 0.1) is 0 Å². The van der Waals surface area contributed by atoms with Crippen LogP contribution in [0.15, 0.2) is 54.9 Å². The van der Waals surface area contributed by atoms with Crippen molar-refractivity contribution in [3.63, 3.8) is 0 Å². The van der Waals surface area contributed by atoms with Gasteiger partial charge in [0, 0.05) is 25.1 Å². The molecule has 3 aromatic rings. The van der Waals surface area contributed by atoms with Crippen LogP contribution in [0.1, 0.15) is 6.92 Å². The second-order valence-corrected chi connectivity index (χ2v) is 6.10. The van der Waals surface area contributed by atoms with Gasteiger partial charge in [-0.2, -0.15) is 0 Å². The van der Waals surface area contributed by atoms with E-state index in [2.05, 4.69) is 33.8 Å². The number of benzene rings is 2. The van der Waals surface area contributed by atoms with Gasteiger partial charge in [-0.1, -0.05) is 30.3 Å². The van der Waals surface area contributed by atoms with Gasteiger partial charge in [-0.15, -0.1) is 0 Å². The topological polar surface area (TPSA) is 45.5 Å². The number of ether oxygens (including phenoxy) is 3. The summed E-state index contributed by atoms with van der Waals surface area (Å²) in [4.78, 5) is 4.50. The summed E-state index contributed by atoms with van der Waals surface area (Å²) in [6.07, 6.45) is 3.93. The Morgan fingerprint density at radius 1 is 0.885 bits per heavy atom. The zero-order valence-electron chi connectivity index (χ0n) is 15.6. The molecule has 0 aliphatic rings. The van der Waals surface area contributed by atoms with Crippen molar-refractivity contribution in [1.29, 1.82) is 0 Å². The van der Waals surface area contributed by atoms with Gasteiger partial charge in [-0.3, -0.25) is 0 Å². The van der Waals surface area contributed by atoms with E-state index in [1.54, 1.807) is 21.3 Å². The van der Waals surface area contributed by atoms with Crippen molar-refractivity contribution < 1.29 is 14.2 Å². The average molecular weight is 352 g/mol. The SMILES string of the molecule is COc1ccc(-c2ccc(-c3nccn3CC(C)OC)cc2)cc1OC. The fraction of sp³-hybridized carbons (Fsp3) is 0.286. The minimum Gasteiger partial charge on any atom is -0.493 e. The first-order chi connectivity index (χ1) is 12.7. The third-order valence-corrected chi connectivity index (χ3v) is 4.43. The predicted octanol–water partition coefficient (Wildman–Crippen LogP) is 4.27. The second-order valence-electron chi connectivity index (χ2n) is 6.10. The van der Waals surface area contributed by atoms with Crippen molar-refractivity contribution in [3.05, 3.63) is 54.9 Å². The Kier molecular flexibility index (Phi) is 5.58. The summed E-state index contributed by atoms with van der Waals surface area (Å²) in [6.45, 7) is 2.81. The van der Waals surface area contributed by atoms with Gasteiger partial charge in [-0.25, -0.2) is 4.98 Å². The Labute approximate surface area is 154 Å². The summed E-state index contributed by atoms with van der Waals surface area (Å²) in [5.74, 6) is 2.38. The fourth-order valence-electron chi connectivity index (χ4n) is 2.90. The largest absolute Gasteiger partial charge is 0.493 e. The maximum absolute atomic E-state index is 5.39.